The predicted octanol–water partition coefficient (Wildman–Crippen LogP) is 2.46. The van der Waals surface area contributed by atoms with E-state index in [0.29, 0.717) is 18.7 Å². The summed E-state index contributed by atoms with van der Waals surface area (Å²) in [6.45, 7) is 1.16. The molecule has 2 rings (SSSR count). The maximum Gasteiger partial charge on any atom is 0.304 e. The standard InChI is InChI=1S/C14H14FN3O2/c15-13-9-11(4-5-14(13)18(19)20)10-16-8-6-12-3-1-2-7-17-12/h1-5,7,9,16H,6,8,10H2. The number of pyridine rings is 1. The number of aromatic nitrogens is 1. The smallest absolute Gasteiger partial charge is 0.304 e. The second-order valence-electron chi connectivity index (χ2n) is 4.29. The number of benzene rings is 1. The highest BCUT2D eigenvalue weighted by Gasteiger charge is 2.13. The summed E-state index contributed by atoms with van der Waals surface area (Å²) in [7, 11) is 0. The molecule has 2 aromatic rings. The molecule has 0 aliphatic heterocycles. The van der Waals surface area contributed by atoms with Gasteiger partial charge in [0.2, 0.25) is 5.82 Å². The van der Waals surface area contributed by atoms with E-state index in [2.05, 4.69) is 10.3 Å². The molecule has 1 heterocycles. The number of hydrogen-bond acceptors (Lipinski definition) is 4. The Bertz CT molecular complexity index is 590. The lowest BCUT2D eigenvalue weighted by Crippen LogP contribution is -2.17. The lowest BCUT2D eigenvalue weighted by Gasteiger charge is -2.05. The van der Waals surface area contributed by atoms with Gasteiger partial charge in [0.05, 0.1) is 4.92 Å². The van der Waals surface area contributed by atoms with Crippen LogP contribution in [0.5, 0.6) is 0 Å². The molecule has 0 radical (unpaired) electrons. The van der Waals surface area contributed by atoms with Gasteiger partial charge in [-0.05, 0) is 23.8 Å². The summed E-state index contributed by atoms with van der Waals surface area (Å²) < 4.78 is 13.4. The Hall–Kier alpha value is -2.34. The molecule has 0 aliphatic rings. The van der Waals surface area contributed by atoms with Crippen LogP contribution in [0, 0.1) is 15.9 Å². The second kappa shape index (κ2) is 6.72. The zero-order valence-electron chi connectivity index (χ0n) is 10.8. The molecular weight excluding hydrogens is 261 g/mol. The molecule has 1 aromatic heterocycles. The molecule has 20 heavy (non-hydrogen) atoms. The fraction of sp³-hybridized carbons (Fsp3) is 0.214. The van der Waals surface area contributed by atoms with E-state index < -0.39 is 16.4 Å². The van der Waals surface area contributed by atoms with Gasteiger partial charge in [0.15, 0.2) is 0 Å². The highest BCUT2D eigenvalue weighted by Crippen LogP contribution is 2.17. The Morgan fingerprint density at radius 2 is 2.15 bits per heavy atom. The van der Waals surface area contributed by atoms with Gasteiger partial charge in [-0.2, -0.15) is 4.39 Å². The fourth-order valence-electron chi connectivity index (χ4n) is 1.80. The maximum absolute atomic E-state index is 13.4. The van der Waals surface area contributed by atoms with Gasteiger partial charge in [0, 0.05) is 37.5 Å². The summed E-state index contributed by atoms with van der Waals surface area (Å²) >= 11 is 0. The third kappa shape index (κ3) is 3.83. The first-order valence-electron chi connectivity index (χ1n) is 6.20. The third-order valence-electron chi connectivity index (χ3n) is 2.82. The molecule has 0 fully saturated rings. The van der Waals surface area contributed by atoms with E-state index in [4.69, 9.17) is 0 Å². The lowest BCUT2D eigenvalue weighted by molar-refractivity contribution is -0.387. The van der Waals surface area contributed by atoms with Crippen molar-refractivity contribution in [2.45, 2.75) is 13.0 Å². The minimum Gasteiger partial charge on any atom is -0.312 e. The van der Waals surface area contributed by atoms with Crippen LogP contribution in [-0.4, -0.2) is 16.5 Å². The summed E-state index contributed by atoms with van der Waals surface area (Å²) in [6.07, 6.45) is 2.51. The number of nitro benzene ring substituents is 1. The SMILES string of the molecule is O=[N+]([O-])c1ccc(CNCCc2ccccn2)cc1F. The lowest BCUT2D eigenvalue weighted by atomic mass is 10.2. The van der Waals surface area contributed by atoms with Gasteiger partial charge in [-0.3, -0.25) is 15.1 Å². The Morgan fingerprint density at radius 3 is 2.80 bits per heavy atom. The van der Waals surface area contributed by atoms with Gasteiger partial charge in [-0.25, -0.2) is 0 Å². The third-order valence-corrected chi connectivity index (χ3v) is 2.82. The van der Waals surface area contributed by atoms with Crippen LogP contribution < -0.4 is 5.32 Å². The number of hydrogen-bond donors (Lipinski definition) is 1. The monoisotopic (exact) mass is 275 g/mol. The first-order valence-corrected chi connectivity index (χ1v) is 6.20. The van der Waals surface area contributed by atoms with Gasteiger partial charge in [-0.1, -0.05) is 12.1 Å². The zero-order valence-corrected chi connectivity index (χ0v) is 10.8. The van der Waals surface area contributed by atoms with Gasteiger partial charge >= 0.3 is 5.69 Å². The summed E-state index contributed by atoms with van der Waals surface area (Å²) in [5.41, 5.74) is 1.16. The summed E-state index contributed by atoms with van der Waals surface area (Å²) in [4.78, 5) is 14.0. The second-order valence-corrected chi connectivity index (χ2v) is 4.29. The summed E-state index contributed by atoms with van der Waals surface area (Å²) in [6, 6.07) is 9.64. The van der Waals surface area contributed by atoms with Crippen LogP contribution in [0.3, 0.4) is 0 Å². The predicted molar refractivity (Wildman–Crippen MR) is 72.7 cm³/mol. The molecule has 5 nitrogen and oxygen atoms in total. The maximum atomic E-state index is 13.4. The van der Waals surface area contributed by atoms with Crippen molar-refractivity contribution in [2.24, 2.45) is 0 Å². The van der Waals surface area contributed by atoms with E-state index in [-0.39, 0.29) is 0 Å². The van der Waals surface area contributed by atoms with Crippen molar-refractivity contribution < 1.29 is 9.31 Å². The highest BCUT2D eigenvalue weighted by molar-refractivity contribution is 5.34. The molecule has 0 bridgehead atoms. The first-order chi connectivity index (χ1) is 9.66. The summed E-state index contributed by atoms with van der Waals surface area (Å²) in [5.74, 6) is -0.806. The molecule has 0 aliphatic carbocycles. The van der Waals surface area contributed by atoms with Crippen LogP contribution >= 0.6 is 0 Å². The van der Waals surface area contributed by atoms with E-state index in [0.717, 1.165) is 12.1 Å². The fourth-order valence-corrected chi connectivity index (χ4v) is 1.80. The van der Waals surface area contributed by atoms with Crippen LogP contribution in [0.4, 0.5) is 10.1 Å². The minimum absolute atomic E-state index is 0.460. The van der Waals surface area contributed by atoms with E-state index >= 15 is 0 Å². The van der Waals surface area contributed by atoms with Crippen molar-refractivity contribution in [3.8, 4) is 0 Å². The topological polar surface area (TPSA) is 68.1 Å². The quantitative estimate of drug-likeness (QED) is 0.499. The highest BCUT2D eigenvalue weighted by atomic mass is 19.1. The van der Waals surface area contributed by atoms with Crippen molar-refractivity contribution in [3.63, 3.8) is 0 Å². The zero-order chi connectivity index (χ0) is 14.4. The van der Waals surface area contributed by atoms with Crippen molar-refractivity contribution in [1.29, 1.82) is 0 Å². The van der Waals surface area contributed by atoms with Crippen LogP contribution in [0.1, 0.15) is 11.3 Å². The average Bonchev–Trinajstić information content (AvgIpc) is 2.44. The van der Waals surface area contributed by atoms with Gasteiger partial charge < -0.3 is 5.32 Å². The van der Waals surface area contributed by atoms with Crippen LogP contribution in [0.15, 0.2) is 42.6 Å². The van der Waals surface area contributed by atoms with Crippen molar-refractivity contribution in [1.82, 2.24) is 10.3 Å². The Morgan fingerprint density at radius 1 is 1.30 bits per heavy atom. The van der Waals surface area contributed by atoms with Crippen LogP contribution in [0.2, 0.25) is 0 Å². The number of nitrogens with one attached hydrogen (secondary N) is 1. The molecule has 0 saturated heterocycles. The number of nitrogens with zero attached hydrogens (tertiary/aromatic N) is 2. The molecule has 6 heteroatoms. The molecule has 1 aromatic carbocycles. The normalized spacial score (nSPS) is 10.4. The molecule has 0 saturated carbocycles. The molecule has 1 N–H and O–H groups in total. The Labute approximate surface area is 115 Å². The molecule has 0 amide bonds. The van der Waals surface area contributed by atoms with Gasteiger partial charge in [-0.15, -0.1) is 0 Å². The first kappa shape index (κ1) is 14.1. The van der Waals surface area contributed by atoms with E-state index in [1.165, 1.54) is 12.1 Å². The molecular formula is C14H14FN3O2. The number of rotatable bonds is 6. The van der Waals surface area contributed by atoms with Crippen LogP contribution in [-0.2, 0) is 13.0 Å². The van der Waals surface area contributed by atoms with E-state index in [1.807, 2.05) is 18.2 Å². The summed E-state index contributed by atoms with van der Waals surface area (Å²) in [5, 5.41) is 13.6. The minimum atomic E-state index is -0.806. The molecule has 0 atom stereocenters. The number of halogens is 1. The molecule has 0 unspecified atom stereocenters. The van der Waals surface area contributed by atoms with Crippen molar-refractivity contribution >= 4 is 5.69 Å². The van der Waals surface area contributed by atoms with Crippen molar-refractivity contribution in [3.05, 3.63) is 69.8 Å². The Balaban J connectivity index is 1.83. The average molecular weight is 275 g/mol. The largest absolute Gasteiger partial charge is 0.312 e. The molecule has 0 spiro atoms. The molecule has 104 valence electrons. The van der Waals surface area contributed by atoms with E-state index in [9.17, 15) is 14.5 Å². The Kier molecular flexibility index (Phi) is 4.73. The van der Waals surface area contributed by atoms with Gasteiger partial charge in [0.1, 0.15) is 0 Å². The van der Waals surface area contributed by atoms with Crippen molar-refractivity contribution in [2.75, 3.05) is 6.54 Å². The van der Waals surface area contributed by atoms with Crippen LogP contribution in [0.25, 0.3) is 0 Å². The number of nitro groups is 1. The van der Waals surface area contributed by atoms with Gasteiger partial charge in [0.25, 0.3) is 0 Å². The van der Waals surface area contributed by atoms with E-state index in [1.54, 1.807) is 12.3 Å².